The number of methoxy groups -OCH3 is 1. The van der Waals surface area contributed by atoms with Gasteiger partial charge in [0.1, 0.15) is 5.60 Å². The van der Waals surface area contributed by atoms with Crippen LogP contribution >= 0.6 is 7.60 Å². The van der Waals surface area contributed by atoms with Crippen molar-refractivity contribution in [3.8, 4) is 0 Å². The van der Waals surface area contributed by atoms with E-state index in [2.05, 4.69) is 10.1 Å². The van der Waals surface area contributed by atoms with Crippen molar-refractivity contribution in [3.63, 3.8) is 0 Å². The van der Waals surface area contributed by atoms with E-state index in [1.165, 1.54) is 13.8 Å². The molecule has 0 bridgehead atoms. The molecule has 1 amide bonds. The number of ether oxygens (including phenoxy) is 3. The Morgan fingerprint density at radius 3 is 2.21 bits per heavy atom. The van der Waals surface area contributed by atoms with Crippen LogP contribution in [0.4, 0.5) is 4.79 Å². The molecular weight excluding hydrogens is 405 g/mol. The van der Waals surface area contributed by atoms with Crippen LogP contribution in [0.1, 0.15) is 55.8 Å². The van der Waals surface area contributed by atoms with Crippen molar-refractivity contribution in [1.29, 1.82) is 0 Å². The molecule has 1 N–H and O–H groups in total. The van der Waals surface area contributed by atoms with Gasteiger partial charge in [0, 0.05) is 20.1 Å². The molecule has 0 rings (SSSR count). The molecule has 29 heavy (non-hydrogen) atoms. The summed E-state index contributed by atoms with van der Waals surface area (Å²) in [7, 11) is -2.51. The Morgan fingerprint density at radius 1 is 1.14 bits per heavy atom. The molecule has 1 unspecified atom stereocenters. The average molecular weight is 441 g/mol. The SMILES string of the molecule is CCC(C)(C)[C@@H](OP(C)(=O)OCOC(=O)OC(C)(C)C)C(=O)NCCC(=O)OC.[HH]. The van der Waals surface area contributed by atoms with Crippen LogP contribution in [0.2, 0.25) is 0 Å². The van der Waals surface area contributed by atoms with Crippen molar-refractivity contribution < 1.29 is 43.6 Å². The normalized spacial score (nSPS) is 15.0. The molecule has 0 aromatic rings. The molecule has 0 aromatic carbocycles. The summed E-state index contributed by atoms with van der Waals surface area (Å²) in [4.78, 5) is 35.3. The second-order valence-corrected chi connectivity index (χ2v) is 10.1. The maximum absolute atomic E-state index is 12.7. The summed E-state index contributed by atoms with van der Waals surface area (Å²) in [5, 5.41) is 2.56. The molecule has 2 atom stereocenters. The molecule has 0 radical (unpaired) electrons. The van der Waals surface area contributed by atoms with E-state index in [9.17, 15) is 18.9 Å². The number of carbonyl (C=O) groups excluding carboxylic acids is 3. The standard InChI is InChI=1S/C18H34NO9P.H2/c1-9-18(5,6)14(15(21)19-11-10-13(20)24-7)28-29(8,23)26-12-25-16(22)27-17(2,3)4;/h14H,9-12H2,1-8H3,(H,19,21);1H/t14-,29?;/m0./s1. The monoisotopic (exact) mass is 441 g/mol. The van der Waals surface area contributed by atoms with Crippen molar-refractivity contribution in [2.45, 2.75) is 66.1 Å². The fourth-order valence-electron chi connectivity index (χ4n) is 1.88. The van der Waals surface area contributed by atoms with Crippen molar-refractivity contribution in [2.75, 3.05) is 27.1 Å². The Labute approximate surface area is 173 Å². The third-order valence-electron chi connectivity index (χ3n) is 3.87. The zero-order chi connectivity index (χ0) is 22.9. The summed E-state index contributed by atoms with van der Waals surface area (Å²) in [6, 6.07) is 0. The molecule has 0 saturated carbocycles. The van der Waals surface area contributed by atoms with Crippen molar-refractivity contribution in [3.05, 3.63) is 0 Å². The number of hydrogen-bond acceptors (Lipinski definition) is 9. The van der Waals surface area contributed by atoms with Crippen molar-refractivity contribution in [2.24, 2.45) is 5.41 Å². The molecule has 0 aromatic heterocycles. The molecule has 0 aliphatic heterocycles. The predicted octanol–water partition coefficient (Wildman–Crippen LogP) is 3.48. The van der Waals surface area contributed by atoms with E-state index in [1.54, 1.807) is 34.6 Å². The highest BCUT2D eigenvalue weighted by Gasteiger charge is 2.39. The first kappa shape index (κ1) is 27.4. The Balaban J connectivity index is 0. The Kier molecular flexibility index (Phi) is 10.9. The number of esters is 1. The highest BCUT2D eigenvalue weighted by molar-refractivity contribution is 7.53. The second-order valence-electron chi connectivity index (χ2n) is 8.07. The van der Waals surface area contributed by atoms with E-state index in [1.807, 2.05) is 6.92 Å². The highest BCUT2D eigenvalue weighted by atomic mass is 31.2. The number of hydrogen-bond donors (Lipinski definition) is 1. The van der Waals surface area contributed by atoms with Gasteiger partial charge in [0.15, 0.2) is 6.10 Å². The fraction of sp³-hybridized carbons (Fsp3) is 0.833. The lowest BCUT2D eigenvalue weighted by molar-refractivity contribution is -0.141. The summed E-state index contributed by atoms with van der Waals surface area (Å²) in [6.07, 6.45) is -1.58. The van der Waals surface area contributed by atoms with E-state index in [4.69, 9.17) is 18.5 Å². The van der Waals surface area contributed by atoms with Gasteiger partial charge in [0.2, 0.25) is 12.7 Å². The molecule has 0 spiro atoms. The number of nitrogens with one attached hydrogen (secondary N) is 1. The lowest BCUT2D eigenvalue weighted by atomic mass is 9.83. The Bertz CT molecular complexity index is 619. The van der Waals surface area contributed by atoms with E-state index in [-0.39, 0.29) is 14.4 Å². The number of rotatable bonds is 11. The van der Waals surface area contributed by atoms with Crippen LogP contribution in [-0.2, 0) is 37.4 Å². The summed E-state index contributed by atoms with van der Waals surface area (Å²) < 4.78 is 37.4. The first-order valence-electron chi connectivity index (χ1n) is 9.24. The first-order valence-corrected chi connectivity index (χ1v) is 11.2. The molecule has 172 valence electrons. The largest absolute Gasteiger partial charge is 0.510 e. The van der Waals surface area contributed by atoms with Gasteiger partial charge in [-0.3, -0.25) is 23.2 Å². The number of amides is 1. The third kappa shape index (κ3) is 11.8. The van der Waals surface area contributed by atoms with E-state index >= 15 is 0 Å². The zero-order valence-corrected chi connectivity index (χ0v) is 19.4. The Morgan fingerprint density at radius 2 is 1.72 bits per heavy atom. The maximum atomic E-state index is 12.7. The summed E-state index contributed by atoms with van der Waals surface area (Å²) in [5.74, 6) is -1.01. The zero-order valence-electron chi connectivity index (χ0n) is 18.5. The molecule has 10 nitrogen and oxygen atoms in total. The highest BCUT2D eigenvalue weighted by Crippen LogP contribution is 2.48. The molecule has 0 fully saturated rings. The van der Waals surface area contributed by atoms with Gasteiger partial charge in [-0.1, -0.05) is 20.8 Å². The predicted molar refractivity (Wildman–Crippen MR) is 108 cm³/mol. The lowest BCUT2D eigenvalue weighted by Crippen LogP contribution is -2.45. The molecule has 11 heteroatoms. The average Bonchev–Trinajstić information content (AvgIpc) is 2.57. The van der Waals surface area contributed by atoms with Gasteiger partial charge in [-0.25, -0.2) is 4.79 Å². The third-order valence-corrected chi connectivity index (χ3v) is 5.03. The van der Waals surface area contributed by atoms with Gasteiger partial charge in [-0.05, 0) is 27.2 Å². The number of carbonyl (C=O) groups is 3. The van der Waals surface area contributed by atoms with E-state index in [0.29, 0.717) is 6.42 Å². The molecule has 0 aliphatic carbocycles. The molecule has 0 saturated heterocycles. The lowest BCUT2D eigenvalue weighted by Gasteiger charge is -2.33. The van der Waals surface area contributed by atoms with E-state index in [0.717, 1.165) is 0 Å². The van der Waals surface area contributed by atoms with Gasteiger partial charge >= 0.3 is 19.7 Å². The quantitative estimate of drug-likeness (QED) is 0.291. The van der Waals surface area contributed by atoms with Crippen LogP contribution in [0.15, 0.2) is 0 Å². The topological polar surface area (TPSA) is 126 Å². The summed E-state index contributed by atoms with van der Waals surface area (Å²) >= 11 is 0. The maximum Gasteiger partial charge on any atom is 0.510 e. The second kappa shape index (κ2) is 11.5. The van der Waals surface area contributed by atoms with E-state index < -0.39 is 49.5 Å². The smallest absolute Gasteiger partial charge is 0.469 e. The van der Waals surface area contributed by atoms with Gasteiger partial charge in [-0.2, -0.15) is 0 Å². The minimum atomic E-state index is -3.76. The van der Waals surface area contributed by atoms with Crippen molar-refractivity contribution in [1.82, 2.24) is 5.32 Å². The molecular formula is C18H36NO9P. The van der Waals surface area contributed by atoms with Gasteiger partial charge < -0.3 is 19.5 Å². The van der Waals surface area contributed by atoms with Gasteiger partial charge in [0.25, 0.3) is 0 Å². The van der Waals surface area contributed by atoms with Crippen LogP contribution in [0.25, 0.3) is 0 Å². The summed E-state index contributed by atoms with van der Waals surface area (Å²) in [6.45, 7) is 11.0. The summed E-state index contributed by atoms with van der Waals surface area (Å²) in [5.41, 5.74) is -1.43. The minimum Gasteiger partial charge on any atom is -0.469 e. The van der Waals surface area contributed by atoms with Crippen LogP contribution < -0.4 is 5.32 Å². The van der Waals surface area contributed by atoms with Crippen LogP contribution in [-0.4, -0.2) is 56.8 Å². The minimum absolute atomic E-state index is 0. The van der Waals surface area contributed by atoms with Crippen LogP contribution in [0.3, 0.4) is 0 Å². The first-order chi connectivity index (χ1) is 13.1. The Hall–Kier alpha value is -1.64. The van der Waals surface area contributed by atoms with Crippen LogP contribution in [0.5, 0.6) is 0 Å². The molecule has 0 heterocycles. The fourth-order valence-corrected chi connectivity index (χ4v) is 2.95. The van der Waals surface area contributed by atoms with Crippen molar-refractivity contribution >= 4 is 25.6 Å². The molecule has 0 aliphatic rings. The van der Waals surface area contributed by atoms with Crippen LogP contribution in [0, 0.1) is 5.41 Å². The van der Waals surface area contributed by atoms with Gasteiger partial charge in [0.05, 0.1) is 13.5 Å². The van der Waals surface area contributed by atoms with Gasteiger partial charge in [-0.15, -0.1) is 0 Å².